The van der Waals surface area contributed by atoms with Gasteiger partial charge in [-0.1, -0.05) is 17.4 Å². The molecule has 6 heteroatoms. The Hall–Kier alpha value is 0.160. The second-order valence-electron chi connectivity index (χ2n) is 1.32. The maximum atomic E-state index is 11.7. The quantitative estimate of drug-likeness (QED) is 0.496. The van der Waals surface area contributed by atoms with Crippen molar-refractivity contribution in [2.45, 2.75) is 6.18 Å². The summed E-state index contributed by atoms with van der Waals surface area (Å²) < 4.78 is 45.6. The van der Waals surface area contributed by atoms with E-state index in [9.17, 15) is 17.6 Å². The van der Waals surface area contributed by atoms with Crippen molar-refractivity contribution in [2.75, 3.05) is 5.75 Å². The maximum absolute atomic E-state index is 11.7. The molecule has 0 aliphatic rings. The normalized spacial score (nSPS) is 11.6. The Morgan fingerprint density at radius 3 is 2.20 bits per heavy atom. The Labute approximate surface area is 63.5 Å². The van der Waals surface area contributed by atoms with E-state index in [2.05, 4.69) is 6.58 Å². The standard InChI is InChI=1S/C4H4F4S2/c1-3(5)10-9-2-4(6,7)8/h1-2H2. The van der Waals surface area contributed by atoms with Crippen molar-refractivity contribution >= 4 is 21.6 Å². The Kier molecular flexibility index (Phi) is 4.19. The molecule has 0 nitrogen and oxygen atoms in total. The predicted molar refractivity (Wildman–Crippen MR) is 36.4 cm³/mol. The summed E-state index contributed by atoms with van der Waals surface area (Å²) in [5.41, 5.74) is 0. The van der Waals surface area contributed by atoms with E-state index in [1.54, 1.807) is 0 Å². The minimum atomic E-state index is -4.23. The molecule has 0 unspecified atom stereocenters. The van der Waals surface area contributed by atoms with E-state index in [1.807, 2.05) is 0 Å². The van der Waals surface area contributed by atoms with Crippen LogP contribution in [0.2, 0.25) is 0 Å². The van der Waals surface area contributed by atoms with Gasteiger partial charge in [0.1, 0.15) is 5.75 Å². The zero-order valence-corrected chi connectivity index (χ0v) is 6.38. The van der Waals surface area contributed by atoms with Crippen LogP contribution in [0.1, 0.15) is 0 Å². The molecule has 0 aromatic carbocycles. The highest BCUT2D eigenvalue weighted by molar-refractivity contribution is 8.78. The molecular formula is C4H4F4S2. The Morgan fingerprint density at radius 1 is 1.40 bits per heavy atom. The van der Waals surface area contributed by atoms with Crippen LogP contribution in [0.5, 0.6) is 0 Å². The summed E-state index contributed by atoms with van der Waals surface area (Å²) in [7, 11) is 0.779. The Bertz CT molecular complexity index is 119. The van der Waals surface area contributed by atoms with Crippen LogP contribution < -0.4 is 0 Å². The van der Waals surface area contributed by atoms with E-state index in [1.165, 1.54) is 0 Å². The first-order valence-electron chi connectivity index (χ1n) is 2.12. The average molecular weight is 192 g/mol. The molecule has 0 atom stereocenters. The minimum absolute atomic E-state index is 0.385. The molecule has 0 spiro atoms. The second-order valence-corrected chi connectivity index (χ2v) is 3.66. The topological polar surface area (TPSA) is 0 Å². The fourth-order valence-electron chi connectivity index (χ4n) is 0.160. The maximum Gasteiger partial charge on any atom is 0.398 e. The molecule has 0 fully saturated rings. The van der Waals surface area contributed by atoms with E-state index in [0.717, 1.165) is 0 Å². The summed E-state index contributed by atoms with van der Waals surface area (Å²) in [5.74, 6) is -1.05. The van der Waals surface area contributed by atoms with Crippen LogP contribution in [0, 0.1) is 0 Å². The number of rotatable bonds is 3. The van der Waals surface area contributed by atoms with Gasteiger partial charge in [0.2, 0.25) is 0 Å². The van der Waals surface area contributed by atoms with E-state index < -0.39 is 17.1 Å². The van der Waals surface area contributed by atoms with Crippen molar-refractivity contribution < 1.29 is 17.6 Å². The van der Waals surface area contributed by atoms with Crippen LogP contribution in [-0.4, -0.2) is 11.9 Å². The molecule has 0 rings (SSSR count). The lowest BCUT2D eigenvalue weighted by Gasteiger charge is -2.02. The summed E-state index contributed by atoms with van der Waals surface area (Å²) in [6.07, 6.45) is -4.23. The van der Waals surface area contributed by atoms with Gasteiger partial charge in [-0.05, 0) is 10.8 Å². The van der Waals surface area contributed by atoms with Crippen LogP contribution >= 0.6 is 21.6 Å². The van der Waals surface area contributed by atoms with Crippen molar-refractivity contribution in [3.63, 3.8) is 0 Å². The average Bonchev–Trinajstić information content (AvgIpc) is 1.59. The number of hydrogen-bond donors (Lipinski definition) is 0. The third-order valence-corrected chi connectivity index (χ3v) is 2.37. The molecular weight excluding hydrogens is 188 g/mol. The monoisotopic (exact) mass is 192 g/mol. The largest absolute Gasteiger partial charge is 0.398 e. The van der Waals surface area contributed by atoms with Crippen LogP contribution in [0.3, 0.4) is 0 Å². The van der Waals surface area contributed by atoms with Crippen LogP contribution in [-0.2, 0) is 0 Å². The fraction of sp³-hybridized carbons (Fsp3) is 0.500. The first-order chi connectivity index (χ1) is 4.42. The smallest absolute Gasteiger partial charge is 0.199 e. The molecule has 0 N–H and O–H groups in total. The van der Waals surface area contributed by atoms with Crippen molar-refractivity contribution in [2.24, 2.45) is 0 Å². The first-order valence-corrected chi connectivity index (χ1v) is 4.44. The molecule has 60 valence electrons. The third kappa shape index (κ3) is 8.16. The van der Waals surface area contributed by atoms with Crippen molar-refractivity contribution in [1.29, 1.82) is 0 Å². The van der Waals surface area contributed by atoms with E-state index in [0.29, 0.717) is 21.6 Å². The highest BCUT2D eigenvalue weighted by Gasteiger charge is 2.27. The first kappa shape index (κ1) is 10.2. The molecule has 0 heterocycles. The highest BCUT2D eigenvalue weighted by atomic mass is 33.1. The summed E-state index contributed by atoms with van der Waals surface area (Å²) in [5, 5.41) is -0.811. The van der Waals surface area contributed by atoms with Gasteiger partial charge in [-0.2, -0.15) is 17.6 Å². The van der Waals surface area contributed by atoms with Crippen molar-refractivity contribution in [1.82, 2.24) is 0 Å². The van der Waals surface area contributed by atoms with Gasteiger partial charge in [0, 0.05) is 0 Å². The minimum Gasteiger partial charge on any atom is -0.199 e. The molecule has 0 saturated carbocycles. The summed E-state index contributed by atoms with van der Waals surface area (Å²) >= 11 is 0. The lowest BCUT2D eigenvalue weighted by atomic mass is 10.8. The molecule has 10 heavy (non-hydrogen) atoms. The van der Waals surface area contributed by atoms with Gasteiger partial charge in [-0.15, -0.1) is 0 Å². The molecule has 0 aromatic heterocycles. The van der Waals surface area contributed by atoms with Gasteiger partial charge in [-0.25, -0.2) is 0 Å². The van der Waals surface area contributed by atoms with Gasteiger partial charge in [0.05, 0.1) is 0 Å². The van der Waals surface area contributed by atoms with E-state index in [-0.39, 0.29) is 0 Å². The zero-order valence-electron chi connectivity index (χ0n) is 4.74. The van der Waals surface area contributed by atoms with Gasteiger partial charge < -0.3 is 0 Å². The van der Waals surface area contributed by atoms with Crippen LogP contribution in [0.15, 0.2) is 11.7 Å². The highest BCUT2D eigenvalue weighted by Crippen LogP contribution is 2.34. The second kappa shape index (κ2) is 4.12. The van der Waals surface area contributed by atoms with E-state index in [4.69, 9.17) is 0 Å². The molecule has 0 saturated heterocycles. The molecule has 0 amide bonds. The fourth-order valence-corrected chi connectivity index (χ4v) is 1.44. The third-order valence-electron chi connectivity index (χ3n) is 0.372. The van der Waals surface area contributed by atoms with Gasteiger partial charge >= 0.3 is 6.18 Å². The Morgan fingerprint density at radius 2 is 1.90 bits per heavy atom. The number of halogens is 4. The lowest BCUT2D eigenvalue weighted by Crippen LogP contribution is -2.09. The van der Waals surface area contributed by atoms with E-state index >= 15 is 0 Å². The number of alkyl halides is 3. The summed E-state index contributed by atoms with van der Waals surface area (Å²) in [6, 6.07) is 0. The predicted octanol–water partition coefficient (Wildman–Crippen LogP) is 3.37. The van der Waals surface area contributed by atoms with Gasteiger partial charge in [-0.3, -0.25) is 0 Å². The van der Waals surface area contributed by atoms with Gasteiger partial charge in [0.15, 0.2) is 5.16 Å². The van der Waals surface area contributed by atoms with Crippen LogP contribution in [0.4, 0.5) is 17.6 Å². The van der Waals surface area contributed by atoms with Crippen LogP contribution in [0.25, 0.3) is 0 Å². The Balaban J connectivity index is 3.29. The van der Waals surface area contributed by atoms with Crippen molar-refractivity contribution in [3.8, 4) is 0 Å². The van der Waals surface area contributed by atoms with Crippen molar-refractivity contribution in [3.05, 3.63) is 11.7 Å². The molecule has 0 aromatic rings. The SMILES string of the molecule is C=C(F)SSCC(F)(F)F. The molecule has 0 aliphatic heterocycles. The number of hydrogen-bond acceptors (Lipinski definition) is 2. The molecule has 0 aliphatic carbocycles. The zero-order chi connectivity index (χ0) is 8.20. The summed E-state index contributed by atoms with van der Waals surface area (Å²) in [4.78, 5) is 0. The molecule has 0 radical (unpaired) electrons. The molecule has 0 bridgehead atoms. The lowest BCUT2D eigenvalue weighted by molar-refractivity contribution is -0.104. The van der Waals surface area contributed by atoms with Gasteiger partial charge in [0.25, 0.3) is 0 Å². The summed E-state index contributed by atoms with van der Waals surface area (Å²) in [6.45, 7) is 2.78.